The van der Waals surface area contributed by atoms with Gasteiger partial charge in [0.1, 0.15) is 5.75 Å². The first-order valence-electron chi connectivity index (χ1n) is 4.81. The van der Waals surface area contributed by atoms with E-state index in [1.807, 2.05) is 0 Å². The molecule has 0 aliphatic carbocycles. The second-order valence-electron chi connectivity index (χ2n) is 3.63. The van der Waals surface area contributed by atoms with Gasteiger partial charge >= 0.3 is 5.97 Å². The highest BCUT2D eigenvalue weighted by Crippen LogP contribution is 2.26. The van der Waals surface area contributed by atoms with Crippen LogP contribution in [0.5, 0.6) is 5.75 Å². The molecule has 4 heteroatoms. The second kappa shape index (κ2) is 4.68. The molecule has 0 aromatic heterocycles. The summed E-state index contributed by atoms with van der Waals surface area (Å²) >= 11 is 0. The van der Waals surface area contributed by atoms with Gasteiger partial charge in [0.05, 0.1) is 11.6 Å². The summed E-state index contributed by atoms with van der Waals surface area (Å²) in [6, 6.07) is 5.11. The molecule has 0 heterocycles. The van der Waals surface area contributed by atoms with Crippen LogP contribution >= 0.6 is 0 Å². The summed E-state index contributed by atoms with van der Waals surface area (Å²) in [4.78, 5) is 10.6. The number of carboxylic acids is 1. The van der Waals surface area contributed by atoms with Crippen LogP contribution in [-0.4, -0.2) is 16.2 Å². The Morgan fingerprint density at radius 3 is 2.80 bits per heavy atom. The van der Waals surface area contributed by atoms with Crippen LogP contribution in [0.4, 0.5) is 5.69 Å². The van der Waals surface area contributed by atoms with Crippen LogP contribution in [0.15, 0.2) is 18.2 Å². The van der Waals surface area contributed by atoms with E-state index in [2.05, 4.69) is 0 Å². The maximum Gasteiger partial charge on any atom is 0.306 e. The van der Waals surface area contributed by atoms with Gasteiger partial charge in [-0.25, -0.2) is 0 Å². The van der Waals surface area contributed by atoms with E-state index in [9.17, 15) is 9.90 Å². The number of nitrogen functional groups attached to an aromatic ring is 1. The molecule has 15 heavy (non-hydrogen) atoms. The fraction of sp³-hybridized carbons (Fsp3) is 0.364. The zero-order valence-corrected chi connectivity index (χ0v) is 8.60. The molecule has 1 aromatic rings. The number of carboxylic acid groups (broad SMARTS) is 1. The smallest absolute Gasteiger partial charge is 0.306 e. The van der Waals surface area contributed by atoms with Gasteiger partial charge in [0.2, 0.25) is 0 Å². The molecule has 0 bridgehead atoms. The Bertz CT molecular complexity index is 363. The third-order valence-corrected chi connectivity index (χ3v) is 2.42. The minimum Gasteiger partial charge on any atom is -0.506 e. The number of aryl methyl sites for hydroxylation is 1. The number of rotatable bonds is 4. The number of phenolic OH excluding ortho intramolecular Hbond substituents is 1. The minimum atomic E-state index is -0.821. The Morgan fingerprint density at radius 2 is 2.20 bits per heavy atom. The van der Waals surface area contributed by atoms with Gasteiger partial charge in [0.15, 0.2) is 0 Å². The molecule has 0 spiro atoms. The summed E-state index contributed by atoms with van der Waals surface area (Å²) in [6.07, 6.45) is 1.01. The van der Waals surface area contributed by atoms with E-state index in [1.54, 1.807) is 25.1 Å². The van der Waals surface area contributed by atoms with E-state index in [4.69, 9.17) is 10.8 Å². The summed E-state index contributed by atoms with van der Waals surface area (Å²) in [5, 5.41) is 18.3. The maximum atomic E-state index is 10.6. The molecule has 1 rings (SSSR count). The van der Waals surface area contributed by atoms with E-state index in [-0.39, 0.29) is 5.75 Å². The van der Waals surface area contributed by atoms with Gasteiger partial charge in [-0.1, -0.05) is 19.1 Å². The van der Waals surface area contributed by atoms with Gasteiger partial charge in [-0.3, -0.25) is 4.79 Å². The molecule has 0 amide bonds. The van der Waals surface area contributed by atoms with E-state index in [0.717, 1.165) is 0 Å². The third kappa shape index (κ3) is 2.87. The standard InChI is InChI=1S/C11H15NO3/c1-7(11(14)15)5-6-8-3-2-4-9(12)10(8)13/h2-4,7,13H,5-6,12H2,1H3,(H,14,15). The van der Waals surface area contributed by atoms with Crippen molar-refractivity contribution in [2.24, 2.45) is 5.92 Å². The van der Waals surface area contributed by atoms with Gasteiger partial charge in [0.25, 0.3) is 0 Å². The van der Waals surface area contributed by atoms with Gasteiger partial charge in [-0.05, 0) is 24.5 Å². The number of phenols is 1. The predicted molar refractivity (Wildman–Crippen MR) is 57.6 cm³/mol. The lowest BCUT2D eigenvalue weighted by Crippen LogP contribution is -2.10. The van der Waals surface area contributed by atoms with Crippen molar-refractivity contribution in [3.63, 3.8) is 0 Å². The minimum absolute atomic E-state index is 0.0649. The molecule has 4 nitrogen and oxygen atoms in total. The summed E-state index contributed by atoms with van der Waals surface area (Å²) in [5.74, 6) is -1.17. The van der Waals surface area contributed by atoms with Crippen molar-refractivity contribution < 1.29 is 15.0 Å². The number of hydrogen-bond donors (Lipinski definition) is 3. The van der Waals surface area contributed by atoms with Gasteiger partial charge in [-0.2, -0.15) is 0 Å². The summed E-state index contributed by atoms with van der Waals surface area (Å²) < 4.78 is 0. The normalized spacial score (nSPS) is 12.3. The zero-order chi connectivity index (χ0) is 11.4. The van der Waals surface area contributed by atoms with Crippen LogP contribution in [0.3, 0.4) is 0 Å². The van der Waals surface area contributed by atoms with Crippen LogP contribution in [0.2, 0.25) is 0 Å². The van der Waals surface area contributed by atoms with Crippen molar-refractivity contribution in [3.05, 3.63) is 23.8 Å². The molecule has 1 unspecified atom stereocenters. The molecule has 0 saturated carbocycles. The van der Waals surface area contributed by atoms with E-state index in [0.29, 0.717) is 24.1 Å². The highest BCUT2D eigenvalue weighted by molar-refractivity contribution is 5.69. The quantitative estimate of drug-likeness (QED) is 0.519. The van der Waals surface area contributed by atoms with Gasteiger partial charge in [-0.15, -0.1) is 0 Å². The first-order chi connectivity index (χ1) is 7.02. The lowest BCUT2D eigenvalue weighted by Gasteiger charge is -2.08. The third-order valence-electron chi connectivity index (χ3n) is 2.42. The fourth-order valence-electron chi connectivity index (χ4n) is 1.31. The Morgan fingerprint density at radius 1 is 1.53 bits per heavy atom. The maximum absolute atomic E-state index is 10.6. The molecule has 0 aliphatic heterocycles. The molecular formula is C11H15NO3. The van der Waals surface area contributed by atoms with Crippen molar-refractivity contribution in [2.75, 3.05) is 5.73 Å². The number of aliphatic carboxylic acids is 1. The highest BCUT2D eigenvalue weighted by Gasteiger charge is 2.12. The second-order valence-corrected chi connectivity index (χ2v) is 3.63. The number of benzene rings is 1. The highest BCUT2D eigenvalue weighted by atomic mass is 16.4. The van der Waals surface area contributed by atoms with Crippen LogP contribution in [0.1, 0.15) is 18.9 Å². The van der Waals surface area contributed by atoms with E-state index >= 15 is 0 Å². The summed E-state index contributed by atoms with van der Waals surface area (Å²) in [7, 11) is 0. The number of carbonyl (C=O) groups is 1. The monoisotopic (exact) mass is 209 g/mol. The molecule has 0 fully saturated rings. The Balaban J connectivity index is 2.66. The van der Waals surface area contributed by atoms with Crippen molar-refractivity contribution in [3.8, 4) is 5.75 Å². The topological polar surface area (TPSA) is 83.5 Å². The lowest BCUT2D eigenvalue weighted by atomic mass is 10.0. The fourth-order valence-corrected chi connectivity index (χ4v) is 1.31. The van der Waals surface area contributed by atoms with Crippen molar-refractivity contribution >= 4 is 11.7 Å². The largest absolute Gasteiger partial charge is 0.506 e. The van der Waals surface area contributed by atoms with Crippen molar-refractivity contribution in [1.29, 1.82) is 0 Å². The number of nitrogens with two attached hydrogens (primary N) is 1. The summed E-state index contributed by atoms with van der Waals surface area (Å²) in [5.41, 5.74) is 6.55. The molecule has 4 N–H and O–H groups in total. The molecule has 0 radical (unpaired) electrons. The molecule has 0 aliphatic rings. The lowest BCUT2D eigenvalue weighted by molar-refractivity contribution is -0.141. The zero-order valence-electron chi connectivity index (χ0n) is 8.60. The molecule has 0 saturated heterocycles. The number of anilines is 1. The van der Waals surface area contributed by atoms with Crippen LogP contribution < -0.4 is 5.73 Å². The molecule has 82 valence electrons. The Kier molecular flexibility index (Phi) is 3.55. The van der Waals surface area contributed by atoms with Gasteiger partial charge in [0, 0.05) is 0 Å². The Hall–Kier alpha value is -1.71. The summed E-state index contributed by atoms with van der Waals surface area (Å²) in [6.45, 7) is 1.64. The van der Waals surface area contributed by atoms with Crippen molar-refractivity contribution in [2.45, 2.75) is 19.8 Å². The first-order valence-corrected chi connectivity index (χ1v) is 4.81. The van der Waals surface area contributed by atoms with Crippen LogP contribution in [-0.2, 0) is 11.2 Å². The van der Waals surface area contributed by atoms with Crippen LogP contribution in [0, 0.1) is 5.92 Å². The average Bonchev–Trinajstić information content (AvgIpc) is 2.19. The average molecular weight is 209 g/mol. The molecule has 1 atom stereocenters. The number of hydrogen-bond acceptors (Lipinski definition) is 3. The van der Waals surface area contributed by atoms with Crippen molar-refractivity contribution in [1.82, 2.24) is 0 Å². The molecular weight excluding hydrogens is 194 g/mol. The van der Waals surface area contributed by atoms with E-state index in [1.165, 1.54) is 0 Å². The first kappa shape index (κ1) is 11.4. The number of para-hydroxylation sites is 1. The van der Waals surface area contributed by atoms with Gasteiger partial charge < -0.3 is 15.9 Å². The van der Waals surface area contributed by atoms with Crippen LogP contribution in [0.25, 0.3) is 0 Å². The SMILES string of the molecule is CC(CCc1cccc(N)c1O)C(=O)O. The number of aromatic hydroxyl groups is 1. The Labute approximate surface area is 88.3 Å². The van der Waals surface area contributed by atoms with E-state index < -0.39 is 11.9 Å². The predicted octanol–water partition coefficient (Wildman–Crippen LogP) is 1.63. The molecule has 1 aromatic carbocycles.